The minimum absolute atomic E-state index is 0.228. The fraction of sp³-hybridized carbons (Fsp3) is 0.333. The zero-order chi connectivity index (χ0) is 18.2. The van der Waals surface area contributed by atoms with Crippen molar-refractivity contribution in [3.05, 3.63) is 45.6 Å². The first-order chi connectivity index (χ1) is 12.0. The summed E-state index contributed by atoms with van der Waals surface area (Å²) in [7, 11) is 0. The van der Waals surface area contributed by atoms with Crippen molar-refractivity contribution in [3.8, 4) is 11.5 Å². The second kappa shape index (κ2) is 9.08. The average Bonchev–Trinajstić information content (AvgIpc) is 3.00. The fourth-order valence-corrected chi connectivity index (χ4v) is 3.20. The van der Waals surface area contributed by atoms with E-state index < -0.39 is 5.91 Å². The van der Waals surface area contributed by atoms with Gasteiger partial charge in [-0.1, -0.05) is 19.1 Å². The van der Waals surface area contributed by atoms with Crippen LogP contribution in [0.15, 0.2) is 30.3 Å². The molecule has 0 fully saturated rings. The predicted octanol–water partition coefficient (Wildman–Crippen LogP) is 2.86. The molecule has 0 aliphatic carbocycles. The van der Waals surface area contributed by atoms with Gasteiger partial charge in [-0.25, -0.2) is 0 Å². The van der Waals surface area contributed by atoms with Crippen LogP contribution in [0.25, 0.3) is 0 Å². The normalized spacial score (nSPS) is 10.2. The maximum absolute atomic E-state index is 12.1. The van der Waals surface area contributed by atoms with Crippen molar-refractivity contribution in [2.24, 2.45) is 0 Å². The molecule has 25 heavy (non-hydrogen) atoms. The molecule has 0 atom stereocenters. The van der Waals surface area contributed by atoms with Gasteiger partial charge in [-0.3, -0.25) is 20.4 Å². The van der Waals surface area contributed by atoms with Crippen molar-refractivity contribution in [1.82, 2.24) is 10.9 Å². The number of hydrazine groups is 1. The molecule has 1 aromatic heterocycles. The predicted molar refractivity (Wildman–Crippen MR) is 97.1 cm³/mol. The van der Waals surface area contributed by atoms with Crippen LogP contribution in [0.5, 0.6) is 11.5 Å². The van der Waals surface area contributed by atoms with E-state index >= 15 is 0 Å². The number of aryl methyl sites for hydroxylation is 2. The molecule has 2 aromatic rings. The minimum atomic E-state index is -0.455. The Bertz CT molecular complexity index is 742. The highest BCUT2D eigenvalue weighted by atomic mass is 32.1. The van der Waals surface area contributed by atoms with E-state index in [2.05, 4.69) is 10.9 Å². The number of amides is 2. The number of benzene rings is 1. The molecule has 0 saturated heterocycles. The first kappa shape index (κ1) is 18.8. The van der Waals surface area contributed by atoms with Crippen molar-refractivity contribution < 1.29 is 19.1 Å². The largest absolute Gasteiger partial charge is 0.490 e. The first-order valence-electron chi connectivity index (χ1n) is 8.08. The molecule has 0 saturated carbocycles. The smallest absolute Gasteiger partial charge is 0.279 e. The molecule has 2 amide bonds. The summed E-state index contributed by atoms with van der Waals surface area (Å²) in [5.41, 5.74) is 5.84. The molecule has 0 radical (unpaired) electrons. The molecule has 2 N–H and O–H groups in total. The standard InChI is InChI=1S/C18H22N2O4S/c1-4-15-12(3)10-16(25-15)18(22)20-19-17(21)11-24-14-9-7-6-8-13(14)23-5-2/h6-10H,4-5,11H2,1-3H3,(H,19,21)(H,20,22). The summed E-state index contributed by atoms with van der Waals surface area (Å²) in [5.74, 6) is 0.259. The summed E-state index contributed by atoms with van der Waals surface area (Å²) in [4.78, 5) is 25.7. The average molecular weight is 362 g/mol. The molecule has 0 aliphatic heterocycles. The lowest BCUT2D eigenvalue weighted by Gasteiger charge is -2.11. The van der Waals surface area contributed by atoms with Gasteiger partial charge < -0.3 is 9.47 Å². The molecule has 0 unspecified atom stereocenters. The second-order valence-electron chi connectivity index (χ2n) is 5.24. The summed E-state index contributed by atoms with van der Waals surface area (Å²) in [6.45, 7) is 6.15. The molecule has 0 spiro atoms. The zero-order valence-corrected chi connectivity index (χ0v) is 15.4. The fourth-order valence-electron chi connectivity index (χ4n) is 2.19. The van der Waals surface area contributed by atoms with Gasteiger partial charge in [0.15, 0.2) is 18.1 Å². The molecule has 0 bridgehead atoms. The summed E-state index contributed by atoms with van der Waals surface area (Å²) in [5, 5.41) is 0. The molecule has 0 aliphatic rings. The quantitative estimate of drug-likeness (QED) is 0.743. The van der Waals surface area contributed by atoms with E-state index in [9.17, 15) is 9.59 Å². The molecular weight excluding hydrogens is 340 g/mol. The maximum Gasteiger partial charge on any atom is 0.279 e. The molecule has 1 heterocycles. The third-order valence-electron chi connectivity index (χ3n) is 3.39. The van der Waals surface area contributed by atoms with Gasteiger partial charge in [0.2, 0.25) is 0 Å². The van der Waals surface area contributed by atoms with Gasteiger partial charge in [0, 0.05) is 4.88 Å². The van der Waals surface area contributed by atoms with E-state index in [4.69, 9.17) is 9.47 Å². The van der Waals surface area contributed by atoms with Gasteiger partial charge in [0.1, 0.15) is 0 Å². The monoisotopic (exact) mass is 362 g/mol. The third-order valence-corrected chi connectivity index (χ3v) is 4.77. The number of hydrogen-bond acceptors (Lipinski definition) is 5. The first-order valence-corrected chi connectivity index (χ1v) is 8.89. The SMILES string of the molecule is CCOc1ccccc1OCC(=O)NNC(=O)c1cc(C)c(CC)s1. The zero-order valence-electron chi connectivity index (χ0n) is 14.5. The summed E-state index contributed by atoms with van der Waals surface area (Å²) < 4.78 is 10.9. The second-order valence-corrected chi connectivity index (χ2v) is 6.38. The lowest BCUT2D eigenvalue weighted by molar-refractivity contribution is -0.123. The van der Waals surface area contributed by atoms with Crippen molar-refractivity contribution in [3.63, 3.8) is 0 Å². The van der Waals surface area contributed by atoms with Gasteiger partial charge in [0.25, 0.3) is 11.8 Å². The van der Waals surface area contributed by atoms with Gasteiger partial charge in [-0.15, -0.1) is 11.3 Å². The van der Waals surface area contributed by atoms with Gasteiger partial charge >= 0.3 is 0 Å². The molecule has 7 heteroatoms. The number of carbonyl (C=O) groups is 2. The van der Waals surface area contributed by atoms with Gasteiger partial charge in [0.05, 0.1) is 11.5 Å². The highest BCUT2D eigenvalue weighted by Gasteiger charge is 2.13. The number of hydrogen-bond donors (Lipinski definition) is 2. The maximum atomic E-state index is 12.1. The highest BCUT2D eigenvalue weighted by molar-refractivity contribution is 7.14. The number of ether oxygens (including phenoxy) is 2. The summed E-state index contributed by atoms with van der Waals surface area (Å²) in [6, 6.07) is 8.92. The Morgan fingerprint density at radius 3 is 2.36 bits per heavy atom. The van der Waals surface area contributed by atoms with E-state index in [1.54, 1.807) is 18.2 Å². The summed E-state index contributed by atoms with van der Waals surface area (Å²) >= 11 is 1.43. The lowest BCUT2D eigenvalue weighted by atomic mass is 10.2. The van der Waals surface area contributed by atoms with Crippen LogP contribution in [0.1, 0.15) is 34.0 Å². The number of para-hydroxylation sites is 2. The van der Waals surface area contributed by atoms with Crippen LogP contribution in [-0.2, 0) is 11.2 Å². The Labute approximate surface area is 151 Å². The van der Waals surface area contributed by atoms with Crippen LogP contribution < -0.4 is 20.3 Å². The van der Waals surface area contributed by atoms with Crippen LogP contribution in [-0.4, -0.2) is 25.0 Å². The minimum Gasteiger partial charge on any atom is -0.490 e. The highest BCUT2D eigenvalue weighted by Crippen LogP contribution is 2.26. The summed E-state index contributed by atoms with van der Waals surface area (Å²) in [6.07, 6.45) is 0.878. The topological polar surface area (TPSA) is 76.7 Å². The van der Waals surface area contributed by atoms with Crippen molar-refractivity contribution >= 4 is 23.2 Å². The van der Waals surface area contributed by atoms with Crippen LogP contribution in [0.3, 0.4) is 0 Å². The molecular formula is C18H22N2O4S. The van der Waals surface area contributed by atoms with Crippen LogP contribution in [0.4, 0.5) is 0 Å². The van der Waals surface area contributed by atoms with Crippen molar-refractivity contribution in [1.29, 1.82) is 0 Å². The van der Waals surface area contributed by atoms with Gasteiger partial charge in [-0.2, -0.15) is 0 Å². The molecule has 2 rings (SSSR count). The Morgan fingerprint density at radius 1 is 1.08 bits per heavy atom. The number of rotatable bonds is 7. The van der Waals surface area contributed by atoms with E-state index in [1.807, 2.05) is 32.9 Å². The van der Waals surface area contributed by atoms with E-state index in [0.29, 0.717) is 23.0 Å². The van der Waals surface area contributed by atoms with E-state index in [0.717, 1.165) is 16.9 Å². The molecule has 1 aromatic carbocycles. The van der Waals surface area contributed by atoms with Crippen LogP contribution in [0.2, 0.25) is 0 Å². The Kier molecular flexibility index (Phi) is 6.82. The number of carbonyl (C=O) groups excluding carboxylic acids is 2. The lowest BCUT2D eigenvalue weighted by Crippen LogP contribution is -2.43. The van der Waals surface area contributed by atoms with E-state index in [1.165, 1.54) is 11.3 Å². The third kappa shape index (κ3) is 5.22. The Hall–Kier alpha value is -2.54. The molecule has 6 nitrogen and oxygen atoms in total. The Balaban J connectivity index is 1.83. The number of nitrogens with one attached hydrogen (secondary N) is 2. The van der Waals surface area contributed by atoms with Gasteiger partial charge in [-0.05, 0) is 44.0 Å². The molecule has 134 valence electrons. The number of thiophene rings is 1. The van der Waals surface area contributed by atoms with Crippen LogP contribution >= 0.6 is 11.3 Å². The van der Waals surface area contributed by atoms with E-state index in [-0.39, 0.29) is 12.5 Å². The van der Waals surface area contributed by atoms with Crippen LogP contribution in [0, 0.1) is 6.92 Å². The van der Waals surface area contributed by atoms with Crippen molar-refractivity contribution in [2.45, 2.75) is 27.2 Å². The Morgan fingerprint density at radius 2 is 1.76 bits per heavy atom. The van der Waals surface area contributed by atoms with Crippen molar-refractivity contribution in [2.75, 3.05) is 13.2 Å².